The smallest absolute Gasteiger partial charge is 0.261 e. The molecule has 0 radical (unpaired) electrons. The molecule has 0 aliphatic carbocycles. The van der Waals surface area contributed by atoms with Crippen LogP contribution in [0, 0.1) is 11.3 Å². The maximum atomic E-state index is 11.6. The lowest BCUT2D eigenvalue weighted by Crippen LogP contribution is -2.07. The Morgan fingerprint density at radius 2 is 2.26 bits per heavy atom. The van der Waals surface area contributed by atoms with Gasteiger partial charge in [0.25, 0.3) is 5.56 Å². The van der Waals surface area contributed by atoms with Crippen molar-refractivity contribution in [3.05, 3.63) is 51.7 Å². The second-order valence-corrected chi connectivity index (χ2v) is 4.18. The van der Waals surface area contributed by atoms with E-state index in [0.29, 0.717) is 27.3 Å². The van der Waals surface area contributed by atoms with Crippen molar-refractivity contribution in [3.63, 3.8) is 0 Å². The fourth-order valence-corrected chi connectivity index (χ4v) is 2.10. The second kappa shape index (κ2) is 4.23. The number of nitrogens with zero attached hydrogens (tertiary/aromatic N) is 4. The number of rotatable bonds is 1. The summed E-state index contributed by atoms with van der Waals surface area (Å²) in [4.78, 5) is 18.2. The third-order valence-corrected chi connectivity index (χ3v) is 2.99. The van der Waals surface area contributed by atoms with E-state index in [4.69, 9.17) is 16.9 Å². The van der Waals surface area contributed by atoms with E-state index in [0.717, 1.165) is 0 Å². The molecule has 0 bridgehead atoms. The van der Waals surface area contributed by atoms with Gasteiger partial charge in [0.1, 0.15) is 17.1 Å². The van der Waals surface area contributed by atoms with Crippen molar-refractivity contribution in [2.45, 2.75) is 0 Å². The van der Waals surface area contributed by atoms with E-state index in [1.165, 1.54) is 17.2 Å². The monoisotopic (exact) mass is 271 g/mol. The maximum Gasteiger partial charge on any atom is 0.261 e. The standard InChI is InChI=1S/C12H6ClN5O/c13-9-3-1-2-7(4-14)10(9)18-11-8(5-17-18)12(19)16-6-15-11/h1-3,5-6H,(H,15,16,19). The normalized spacial score (nSPS) is 10.5. The first-order valence-electron chi connectivity index (χ1n) is 5.33. The Hall–Kier alpha value is -2.65. The summed E-state index contributed by atoms with van der Waals surface area (Å²) in [5.41, 5.74) is 0.842. The molecule has 92 valence electrons. The van der Waals surface area contributed by atoms with Crippen LogP contribution in [-0.2, 0) is 0 Å². The van der Waals surface area contributed by atoms with Crippen LogP contribution in [0.3, 0.4) is 0 Å². The van der Waals surface area contributed by atoms with Crippen LogP contribution in [0.1, 0.15) is 5.56 Å². The molecule has 19 heavy (non-hydrogen) atoms. The van der Waals surface area contributed by atoms with E-state index in [1.54, 1.807) is 18.2 Å². The average Bonchev–Trinajstić information content (AvgIpc) is 2.83. The molecule has 0 aliphatic heterocycles. The van der Waals surface area contributed by atoms with Crippen molar-refractivity contribution in [1.82, 2.24) is 19.7 Å². The zero-order valence-corrected chi connectivity index (χ0v) is 10.2. The lowest BCUT2D eigenvalue weighted by molar-refractivity contribution is 0.891. The summed E-state index contributed by atoms with van der Waals surface area (Å²) < 4.78 is 1.39. The van der Waals surface area contributed by atoms with Crippen LogP contribution in [0.5, 0.6) is 0 Å². The first kappa shape index (κ1) is 11.4. The summed E-state index contributed by atoms with van der Waals surface area (Å²) in [6.45, 7) is 0. The molecule has 1 aromatic carbocycles. The number of aromatic nitrogens is 4. The quantitative estimate of drug-likeness (QED) is 0.729. The molecule has 0 saturated heterocycles. The van der Waals surface area contributed by atoms with E-state index in [9.17, 15) is 4.79 Å². The van der Waals surface area contributed by atoms with Crippen LogP contribution >= 0.6 is 11.6 Å². The van der Waals surface area contributed by atoms with Crippen LogP contribution < -0.4 is 5.56 Å². The molecule has 0 saturated carbocycles. The van der Waals surface area contributed by atoms with E-state index in [1.807, 2.05) is 6.07 Å². The maximum absolute atomic E-state index is 11.6. The Morgan fingerprint density at radius 1 is 1.42 bits per heavy atom. The Kier molecular flexibility index (Phi) is 2.54. The number of hydrogen-bond acceptors (Lipinski definition) is 4. The van der Waals surface area contributed by atoms with Gasteiger partial charge in [0, 0.05) is 0 Å². The number of hydrogen-bond donors (Lipinski definition) is 1. The molecule has 0 unspecified atom stereocenters. The minimum absolute atomic E-state index is 0.290. The molecule has 3 rings (SSSR count). The number of H-pyrrole nitrogens is 1. The van der Waals surface area contributed by atoms with Crippen LogP contribution in [0.2, 0.25) is 5.02 Å². The summed E-state index contributed by atoms with van der Waals surface area (Å²) in [7, 11) is 0. The third kappa shape index (κ3) is 1.68. The van der Waals surface area contributed by atoms with Gasteiger partial charge in [-0.15, -0.1) is 0 Å². The molecule has 0 aliphatic rings. The average molecular weight is 272 g/mol. The lowest BCUT2D eigenvalue weighted by Gasteiger charge is -2.06. The zero-order chi connectivity index (χ0) is 13.4. The first-order valence-corrected chi connectivity index (χ1v) is 5.70. The van der Waals surface area contributed by atoms with Crippen LogP contribution in [-0.4, -0.2) is 19.7 Å². The summed E-state index contributed by atoms with van der Waals surface area (Å²) in [5.74, 6) is 0. The van der Waals surface area contributed by atoms with E-state index >= 15 is 0 Å². The van der Waals surface area contributed by atoms with Crippen molar-refractivity contribution in [2.75, 3.05) is 0 Å². The highest BCUT2D eigenvalue weighted by atomic mass is 35.5. The van der Waals surface area contributed by atoms with Gasteiger partial charge in [0.05, 0.1) is 23.1 Å². The number of para-hydroxylation sites is 1. The van der Waals surface area contributed by atoms with Crippen LogP contribution in [0.15, 0.2) is 35.5 Å². The Balaban J connectivity index is 2.42. The number of benzene rings is 1. The third-order valence-electron chi connectivity index (χ3n) is 2.69. The Bertz CT molecular complexity index is 874. The minimum Gasteiger partial charge on any atom is -0.312 e. The van der Waals surface area contributed by atoms with Crippen molar-refractivity contribution < 1.29 is 0 Å². The molecule has 1 N–H and O–H groups in total. The topological polar surface area (TPSA) is 87.4 Å². The molecule has 0 fully saturated rings. The first-order chi connectivity index (χ1) is 9.22. The predicted molar refractivity (Wildman–Crippen MR) is 69.2 cm³/mol. The summed E-state index contributed by atoms with van der Waals surface area (Å²) in [5, 5.41) is 13.9. The van der Waals surface area contributed by atoms with Gasteiger partial charge in [-0.1, -0.05) is 17.7 Å². The molecule has 0 spiro atoms. The van der Waals surface area contributed by atoms with Crippen LogP contribution in [0.4, 0.5) is 0 Å². The fraction of sp³-hybridized carbons (Fsp3) is 0. The molecule has 7 heteroatoms. The van der Waals surface area contributed by atoms with Crippen LogP contribution in [0.25, 0.3) is 16.7 Å². The molecule has 6 nitrogen and oxygen atoms in total. The Labute approximate surface area is 111 Å². The molecular weight excluding hydrogens is 266 g/mol. The largest absolute Gasteiger partial charge is 0.312 e. The molecule has 3 aromatic rings. The van der Waals surface area contributed by atoms with E-state index < -0.39 is 0 Å². The van der Waals surface area contributed by atoms with Gasteiger partial charge < -0.3 is 4.98 Å². The van der Waals surface area contributed by atoms with Gasteiger partial charge in [0.2, 0.25) is 0 Å². The van der Waals surface area contributed by atoms with Crippen molar-refractivity contribution in [1.29, 1.82) is 5.26 Å². The highest BCUT2D eigenvalue weighted by Crippen LogP contribution is 2.25. The second-order valence-electron chi connectivity index (χ2n) is 3.77. The fourth-order valence-electron chi connectivity index (χ4n) is 1.84. The molecule has 2 heterocycles. The number of halogens is 1. The summed E-state index contributed by atoms with van der Waals surface area (Å²) >= 11 is 6.11. The molecule has 0 atom stereocenters. The summed E-state index contributed by atoms with van der Waals surface area (Å²) in [6.07, 6.45) is 2.68. The van der Waals surface area contributed by atoms with Gasteiger partial charge in [0.15, 0.2) is 5.65 Å². The van der Waals surface area contributed by atoms with Crippen molar-refractivity contribution in [2.24, 2.45) is 0 Å². The number of aromatic amines is 1. The zero-order valence-electron chi connectivity index (χ0n) is 9.46. The molecular formula is C12H6ClN5O. The Morgan fingerprint density at radius 3 is 3.05 bits per heavy atom. The van der Waals surface area contributed by atoms with E-state index in [2.05, 4.69) is 15.1 Å². The predicted octanol–water partition coefficient (Wildman–Crippen LogP) is 1.63. The number of nitriles is 1. The van der Waals surface area contributed by atoms with E-state index in [-0.39, 0.29) is 5.56 Å². The highest BCUT2D eigenvalue weighted by molar-refractivity contribution is 6.32. The number of nitrogens with one attached hydrogen (secondary N) is 1. The van der Waals surface area contributed by atoms with Crippen molar-refractivity contribution >= 4 is 22.6 Å². The summed E-state index contributed by atoms with van der Waals surface area (Å²) in [6, 6.07) is 7.00. The SMILES string of the molecule is N#Cc1cccc(Cl)c1-n1ncc2c(=O)[nH]cnc21. The molecule has 2 aromatic heterocycles. The van der Waals surface area contributed by atoms with Gasteiger partial charge in [-0.2, -0.15) is 10.4 Å². The van der Waals surface area contributed by atoms with Crippen molar-refractivity contribution in [3.8, 4) is 11.8 Å². The minimum atomic E-state index is -0.290. The number of fused-ring (bicyclic) bond motifs is 1. The lowest BCUT2D eigenvalue weighted by atomic mass is 10.2. The van der Waals surface area contributed by atoms with Gasteiger partial charge in [-0.25, -0.2) is 9.67 Å². The van der Waals surface area contributed by atoms with Gasteiger partial charge in [-0.3, -0.25) is 4.79 Å². The molecule has 0 amide bonds. The van der Waals surface area contributed by atoms with Gasteiger partial charge >= 0.3 is 0 Å². The highest BCUT2D eigenvalue weighted by Gasteiger charge is 2.14. The van der Waals surface area contributed by atoms with Gasteiger partial charge in [-0.05, 0) is 12.1 Å².